The Labute approximate surface area is 160 Å². The third-order valence-corrected chi connectivity index (χ3v) is 4.12. The van der Waals surface area contributed by atoms with Crippen LogP contribution < -0.4 is 5.32 Å². The minimum Gasteiger partial charge on any atom is -0.508 e. The number of carbonyl (C=O) groups is 3. The molecular formula is C21H28N2O4. The van der Waals surface area contributed by atoms with Gasteiger partial charge in [0, 0.05) is 5.70 Å². The topological polar surface area (TPSA) is 86.7 Å². The molecule has 27 heavy (non-hydrogen) atoms. The van der Waals surface area contributed by atoms with Gasteiger partial charge < -0.3 is 10.4 Å². The van der Waals surface area contributed by atoms with E-state index in [1.165, 1.54) is 18.2 Å². The lowest BCUT2D eigenvalue weighted by molar-refractivity contribution is -0.125. The number of fused-ring (bicyclic) bond motifs is 1. The SMILES string of the molecule is C=CCC.CC.CC=C1CCC(N2C(=O)c3ccc(O)cc3C2=O)C(=O)N1. The highest BCUT2D eigenvalue weighted by molar-refractivity contribution is 6.23. The molecule has 0 radical (unpaired) electrons. The predicted molar refractivity (Wildman–Crippen MR) is 105 cm³/mol. The summed E-state index contributed by atoms with van der Waals surface area (Å²) in [6, 6.07) is 3.21. The number of carbonyl (C=O) groups excluding carboxylic acids is 3. The van der Waals surface area contributed by atoms with Gasteiger partial charge in [-0.2, -0.15) is 0 Å². The van der Waals surface area contributed by atoms with Gasteiger partial charge >= 0.3 is 0 Å². The molecule has 2 aliphatic rings. The molecular weight excluding hydrogens is 344 g/mol. The average molecular weight is 372 g/mol. The van der Waals surface area contributed by atoms with Crippen LogP contribution in [-0.2, 0) is 4.79 Å². The number of phenols is 1. The van der Waals surface area contributed by atoms with Crippen molar-refractivity contribution in [3.63, 3.8) is 0 Å². The Hall–Kier alpha value is -2.89. The Morgan fingerprint density at radius 3 is 2.33 bits per heavy atom. The van der Waals surface area contributed by atoms with Gasteiger partial charge in [0.25, 0.3) is 11.8 Å². The van der Waals surface area contributed by atoms with Gasteiger partial charge in [0.1, 0.15) is 11.8 Å². The van der Waals surface area contributed by atoms with Crippen LogP contribution in [0, 0.1) is 0 Å². The van der Waals surface area contributed by atoms with Crippen LogP contribution in [0.2, 0.25) is 0 Å². The Morgan fingerprint density at radius 2 is 1.81 bits per heavy atom. The molecule has 2 N–H and O–H groups in total. The van der Waals surface area contributed by atoms with Crippen molar-refractivity contribution < 1.29 is 19.5 Å². The Bertz CT molecular complexity index is 753. The van der Waals surface area contributed by atoms with Crippen molar-refractivity contribution in [3.8, 4) is 5.75 Å². The Morgan fingerprint density at radius 1 is 1.22 bits per heavy atom. The van der Waals surface area contributed by atoms with Gasteiger partial charge in [-0.1, -0.05) is 32.9 Å². The summed E-state index contributed by atoms with van der Waals surface area (Å²) in [5, 5.41) is 12.1. The monoisotopic (exact) mass is 372 g/mol. The minimum absolute atomic E-state index is 0.0824. The summed E-state index contributed by atoms with van der Waals surface area (Å²) in [5.74, 6) is -1.46. The summed E-state index contributed by atoms with van der Waals surface area (Å²) in [7, 11) is 0. The van der Waals surface area contributed by atoms with E-state index in [2.05, 4.69) is 18.8 Å². The molecule has 0 aliphatic carbocycles. The molecule has 0 spiro atoms. The van der Waals surface area contributed by atoms with Crippen LogP contribution in [0.15, 0.2) is 42.6 Å². The molecule has 0 saturated carbocycles. The van der Waals surface area contributed by atoms with Crippen LogP contribution in [0.4, 0.5) is 0 Å². The van der Waals surface area contributed by atoms with E-state index in [-0.39, 0.29) is 22.8 Å². The van der Waals surface area contributed by atoms with Crippen molar-refractivity contribution in [1.82, 2.24) is 10.2 Å². The number of rotatable bonds is 2. The standard InChI is InChI=1S/C15H14N2O4.C4H8.C2H6/c1-2-8-3-6-12(13(19)16-8)17-14(20)10-5-4-9(18)7-11(10)15(17)21;1-3-4-2;1-2/h2,4-5,7,12,18H,3,6H2,1H3,(H,16,19);3H,1,4H2,2H3;1-2H3. The molecule has 146 valence electrons. The molecule has 1 aromatic rings. The van der Waals surface area contributed by atoms with Crippen molar-refractivity contribution >= 4 is 17.7 Å². The zero-order valence-electron chi connectivity index (χ0n) is 16.4. The zero-order valence-corrected chi connectivity index (χ0v) is 16.4. The summed E-state index contributed by atoms with van der Waals surface area (Å²) in [6.45, 7) is 11.4. The van der Waals surface area contributed by atoms with E-state index in [0.29, 0.717) is 12.8 Å². The number of hydrogen-bond acceptors (Lipinski definition) is 4. The summed E-state index contributed by atoms with van der Waals surface area (Å²) >= 11 is 0. The number of piperidine rings is 1. The molecule has 1 fully saturated rings. The number of amides is 3. The first-order chi connectivity index (χ1) is 12.9. The largest absolute Gasteiger partial charge is 0.508 e. The summed E-state index contributed by atoms with van der Waals surface area (Å²) < 4.78 is 0. The first-order valence-corrected chi connectivity index (χ1v) is 9.22. The van der Waals surface area contributed by atoms with E-state index < -0.39 is 17.9 Å². The maximum Gasteiger partial charge on any atom is 0.262 e. The van der Waals surface area contributed by atoms with Gasteiger partial charge in [-0.3, -0.25) is 19.3 Å². The fourth-order valence-corrected chi connectivity index (χ4v) is 2.72. The molecule has 6 nitrogen and oxygen atoms in total. The molecule has 3 rings (SSSR count). The molecule has 1 saturated heterocycles. The highest BCUT2D eigenvalue weighted by Crippen LogP contribution is 2.30. The number of aromatic hydroxyl groups is 1. The van der Waals surface area contributed by atoms with Crippen molar-refractivity contribution in [1.29, 1.82) is 0 Å². The lowest BCUT2D eigenvalue weighted by atomic mass is 10.0. The predicted octanol–water partition coefficient (Wildman–Crippen LogP) is 3.78. The molecule has 1 unspecified atom stereocenters. The van der Waals surface area contributed by atoms with E-state index in [4.69, 9.17) is 0 Å². The lowest BCUT2D eigenvalue weighted by Crippen LogP contribution is -2.51. The second-order valence-corrected chi connectivity index (χ2v) is 5.76. The Balaban J connectivity index is 0.000000541. The van der Waals surface area contributed by atoms with Gasteiger partial charge in [-0.05, 0) is 44.4 Å². The summed E-state index contributed by atoms with van der Waals surface area (Å²) in [6.07, 6.45) is 5.77. The van der Waals surface area contributed by atoms with Crippen LogP contribution in [0.3, 0.4) is 0 Å². The number of benzene rings is 1. The third kappa shape index (κ3) is 4.84. The van der Waals surface area contributed by atoms with Gasteiger partial charge in [0.2, 0.25) is 5.91 Å². The van der Waals surface area contributed by atoms with E-state index in [1.54, 1.807) is 6.08 Å². The molecule has 1 aromatic carbocycles. The second-order valence-electron chi connectivity index (χ2n) is 5.76. The highest BCUT2D eigenvalue weighted by Gasteiger charge is 2.44. The lowest BCUT2D eigenvalue weighted by Gasteiger charge is -2.29. The molecule has 2 heterocycles. The quantitative estimate of drug-likeness (QED) is 0.611. The summed E-state index contributed by atoms with van der Waals surface area (Å²) in [5.41, 5.74) is 1.16. The smallest absolute Gasteiger partial charge is 0.262 e. The van der Waals surface area contributed by atoms with E-state index in [0.717, 1.165) is 17.0 Å². The molecule has 1 atom stereocenters. The van der Waals surface area contributed by atoms with E-state index in [9.17, 15) is 19.5 Å². The van der Waals surface area contributed by atoms with Gasteiger partial charge in [-0.25, -0.2) is 0 Å². The van der Waals surface area contributed by atoms with Crippen molar-refractivity contribution in [2.24, 2.45) is 0 Å². The maximum absolute atomic E-state index is 12.4. The normalized spacial score (nSPS) is 19.4. The molecule has 0 aromatic heterocycles. The van der Waals surface area contributed by atoms with Crippen LogP contribution in [-0.4, -0.2) is 33.8 Å². The maximum atomic E-state index is 12.4. The third-order valence-electron chi connectivity index (χ3n) is 4.12. The number of hydrogen-bond donors (Lipinski definition) is 2. The molecule has 3 amide bonds. The van der Waals surface area contributed by atoms with Crippen LogP contribution in [0.5, 0.6) is 5.75 Å². The highest BCUT2D eigenvalue weighted by atomic mass is 16.3. The number of phenolic OH excluding ortho intramolecular Hbond substituents is 1. The fraction of sp³-hybridized carbons (Fsp3) is 0.381. The van der Waals surface area contributed by atoms with Crippen LogP contribution >= 0.6 is 0 Å². The van der Waals surface area contributed by atoms with Gasteiger partial charge in [-0.15, -0.1) is 6.58 Å². The molecule has 0 bridgehead atoms. The summed E-state index contributed by atoms with van der Waals surface area (Å²) in [4.78, 5) is 37.8. The first kappa shape index (κ1) is 22.2. The van der Waals surface area contributed by atoms with Crippen LogP contribution in [0.25, 0.3) is 0 Å². The molecule has 2 aliphatic heterocycles. The fourth-order valence-electron chi connectivity index (χ4n) is 2.72. The van der Waals surface area contributed by atoms with Gasteiger partial charge in [0.05, 0.1) is 11.1 Å². The average Bonchev–Trinajstić information content (AvgIpc) is 2.93. The second kappa shape index (κ2) is 10.3. The first-order valence-electron chi connectivity index (χ1n) is 9.22. The minimum atomic E-state index is -0.803. The van der Waals surface area contributed by atoms with E-state index >= 15 is 0 Å². The van der Waals surface area contributed by atoms with E-state index in [1.807, 2.05) is 26.8 Å². The van der Waals surface area contributed by atoms with Crippen LogP contribution in [0.1, 0.15) is 67.7 Å². The number of allylic oxidation sites excluding steroid dienone is 3. The Kier molecular flexibility index (Phi) is 8.45. The molecule has 6 heteroatoms. The van der Waals surface area contributed by atoms with Gasteiger partial charge in [0.15, 0.2) is 0 Å². The zero-order chi connectivity index (χ0) is 20.6. The number of nitrogens with one attached hydrogen (secondary N) is 1. The number of imide groups is 1. The number of nitrogens with zero attached hydrogens (tertiary/aromatic N) is 1. The van der Waals surface area contributed by atoms with Crippen molar-refractivity contribution in [3.05, 3.63) is 53.8 Å². The van der Waals surface area contributed by atoms with Crippen molar-refractivity contribution in [2.75, 3.05) is 0 Å². The van der Waals surface area contributed by atoms with Crippen molar-refractivity contribution in [2.45, 2.75) is 53.0 Å².